The fourth-order valence-corrected chi connectivity index (χ4v) is 4.03. The summed E-state index contributed by atoms with van der Waals surface area (Å²) in [6.45, 7) is 9.18. The SMILES string of the molecule is CCN(CC)C(CNC(=NC)N1CCC(CC(=O)NC)CC1)c1ccccc1. The third kappa shape index (κ3) is 6.23. The van der Waals surface area contributed by atoms with Crippen molar-refractivity contribution in [2.75, 3.05) is 46.8 Å². The lowest BCUT2D eigenvalue weighted by Crippen LogP contribution is -2.48. The number of nitrogens with zero attached hydrogens (tertiary/aromatic N) is 3. The Hall–Kier alpha value is -2.08. The number of carbonyl (C=O) groups is 1. The number of likely N-dealkylation sites (N-methyl/N-ethyl adjacent to an activating group) is 1. The Labute approximate surface area is 170 Å². The third-order valence-corrected chi connectivity index (χ3v) is 5.77. The molecule has 0 aliphatic carbocycles. The molecule has 0 radical (unpaired) electrons. The molecule has 1 atom stereocenters. The molecule has 1 unspecified atom stereocenters. The summed E-state index contributed by atoms with van der Waals surface area (Å²) in [7, 11) is 3.57. The normalized spacial score (nSPS) is 16.9. The van der Waals surface area contributed by atoms with E-state index in [2.05, 4.69) is 69.6 Å². The molecule has 0 spiro atoms. The van der Waals surface area contributed by atoms with Crippen molar-refractivity contribution in [3.05, 3.63) is 35.9 Å². The van der Waals surface area contributed by atoms with Gasteiger partial charge in [-0.15, -0.1) is 0 Å². The number of piperidine rings is 1. The second kappa shape index (κ2) is 11.7. The van der Waals surface area contributed by atoms with Gasteiger partial charge in [-0.2, -0.15) is 0 Å². The maximum atomic E-state index is 11.6. The van der Waals surface area contributed by atoms with Gasteiger partial charge in [0, 0.05) is 40.2 Å². The summed E-state index contributed by atoms with van der Waals surface area (Å²) < 4.78 is 0. The van der Waals surface area contributed by atoms with Gasteiger partial charge < -0.3 is 15.5 Å². The lowest BCUT2D eigenvalue weighted by molar-refractivity contribution is -0.121. The smallest absolute Gasteiger partial charge is 0.220 e. The first-order valence-corrected chi connectivity index (χ1v) is 10.6. The van der Waals surface area contributed by atoms with E-state index in [0.29, 0.717) is 18.4 Å². The topological polar surface area (TPSA) is 60.0 Å². The molecular weight excluding hydrogens is 350 g/mol. The Morgan fingerprint density at radius 3 is 2.39 bits per heavy atom. The molecule has 1 saturated heterocycles. The molecule has 0 aromatic heterocycles. The Kier molecular flexibility index (Phi) is 9.28. The summed E-state index contributed by atoms with van der Waals surface area (Å²) in [6, 6.07) is 11.0. The fraction of sp³-hybridized carbons (Fsp3) is 0.636. The molecule has 1 heterocycles. The van der Waals surface area contributed by atoms with Crippen LogP contribution in [0.3, 0.4) is 0 Å². The summed E-state index contributed by atoms with van der Waals surface area (Å²) in [5.41, 5.74) is 1.33. The van der Waals surface area contributed by atoms with Gasteiger partial charge in [-0.25, -0.2) is 0 Å². The quantitative estimate of drug-likeness (QED) is 0.531. The molecule has 6 heteroatoms. The predicted molar refractivity (Wildman–Crippen MR) is 116 cm³/mol. The first kappa shape index (κ1) is 22.2. The number of aliphatic imine (C=N–C) groups is 1. The van der Waals surface area contributed by atoms with Gasteiger partial charge in [0.2, 0.25) is 5.91 Å². The molecule has 156 valence electrons. The Morgan fingerprint density at radius 1 is 1.21 bits per heavy atom. The number of guanidine groups is 1. The van der Waals surface area contributed by atoms with Crippen LogP contribution in [0.25, 0.3) is 0 Å². The molecule has 1 fully saturated rings. The molecule has 1 aliphatic rings. The molecule has 1 aromatic carbocycles. The van der Waals surface area contributed by atoms with E-state index < -0.39 is 0 Å². The summed E-state index contributed by atoms with van der Waals surface area (Å²) in [5, 5.41) is 6.34. The van der Waals surface area contributed by atoms with Crippen molar-refractivity contribution >= 4 is 11.9 Å². The molecule has 0 bridgehead atoms. The van der Waals surface area contributed by atoms with E-state index in [4.69, 9.17) is 0 Å². The van der Waals surface area contributed by atoms with Gasteiger partial charge in [-0.3, -0.25) is 14.7 Å². The van der Waals surface area contributed by atoms with Crippen molar-refractivity contribution in [1.82, 2.24) is 20.4 Å². The minimum atomic E-state index is 0.144. The number of likely N-dealkylation sites (tertiary alicyclic amines) is 1. The van der Waals surface area contributed by atoms with Crippen LogP contribution in [0.4, 0.5) is 0 Å². The molecule has 1 aromatic rings. The van der Waals surface area contributed by atoms with E-state index >= 15 is 0 Å². The van der Waals surface area contributed by atoms with E-state index in [1.807, 2.05) is 7.05 Å². The van der Waals surface area contributed by atoms with E-state index in [-0.39, 0.29) is 5.91 Å². The van der Waals surface area contributed by atoms with Crippen LogP contribution >= 0.6 is 0 Å². The zero-order chi connectivity index (χ0) is 20.4. The average molecular weight is 388 g/mol. The van der Waals surface area contributed by atoms with Crippen molar-refractivity contribution in [2.45, 2.75) is 39.2 Å². The number of amides is 1. The summed E-state index contributed by atoms with van der Waals surface area (Å²) in [5.74, 6) is 1.58. The first-order valence-electron chi connectivity index (χ1n) is 10.6. The molecule has 1 aliphatic heterocycles. The van der Waals surface area contributed by atoms with Crippen LogP contribution in [0.1, 0.15) is 44.7 Å². The molecule has 28 heavy (non-hydrogen) atoms. The van der Waals surface area contributed by atoms with Crippen molar-refractivity contribution in [3.63, 3.8) is 0 Å². The highest BCUT2D eigenvalue weighted by Crippen LogP contribution is 2.22. The van der Waals surface area contributed by atoms with E-state index in [9.17, 15) is 4.79 Å². The van der Waals surface area contributed by atoms with Crippen LogP contribution in [0.5, 0.6) is 0 Å². The minimum Gasteiger partial charge on any atom is -0.359 e. The molecular formula is C22H37N5O. The van der Waals surface area contributed by atoms with Gasteiger partial charge in [0.25, 0.3) is 0 Å². The molecule has 2 N–H and O–H groups in total. The van der Waals surface area contributed by atoms with Gasteiger partial charge in [0.05, 0.1) is 6.04 Å². The lowest BCUT2D eigenvalue weighted by Gasteiger charge is -2.36. The zero-order valence-corrected chi connectivity index (χ0v) is 17.9. The second-order valence-electron chi connectivity index (χ2n) is 7.38. The van der Waals surface area contributed by atoms with Crippen LogP contribution in [-0.2, 0) is 4.79 Å². The molecule has 1 amide bonds. The van der Waals surface area contributed by atoms with Crippen molar-refractivity contribution in [1.29, 1.82) is 0 Å². The summed E-state index contributed by atoms with van der Waals surface area (Å²) >= 11 is 0. The third-order valence-electron chi connectivity index (χ3n) is 5.77. The van der Waals surface area contributed by atoms with Crippen LogP contribution in [-0.4, -0.2) is 68.5 Å². The first-order chi connectivity index (χ1) is 13.6. The van der Waals surface area contributed by atoms with Gasteiger partial charge in [0.1, 0.15) is 0 Å². The minimum absolute atomic E-state index is 0.144. The largest absolute Gasteiger partial charge is 0.359 e. The van der Waals surface area contributed by atoms with Gasteiger partial charge >= 0.3 is 0 Å². The lowest BCUT2D eigenvalue weighted by atomic mass is 9.93. The standard InChI is InChI=1S/C22H37N5O/c1-5-26(6-2)20(19-10-8-7-9-11-19)17-25-22(24-4)27-14-12-18(13-15-27)16-21(28)23-3/h7-11,18,20H,5-6,12-17H2,1-4H3,(H,23,28)(H,24,25). The van der Waals surface area contributed by atoms with Crippen LogP contribution in [0.2, 0.25) is 0 Å². The Bertz CT molecular complexity index is 607. The highest BCUT2D eigenvalue weighted by atomic mass is 16.1. The van der Waals surface area contributed by atoms with Gasteiger partial charge in [0.15, 0.2) is 5.96 Å². The zero-order valence-electron chi connectivity index (χ0n) is 17.9. The van der Waals surface area contributed by atoms with Gasteiger partial charge in [-0.1, -0.05) is 44.2 Å². The molecule has 0 saturated carbocycles. The van der Waals surface area contributed by atoms with E-state index in [1.165, 1.54) is 5.56 Å². The average Bonchev–Trinajstić information content (AvgIpc) is 2.75. The second-order valence-corrected chi connectivity index (χ2v) is 7.38. The fourth-order valence-electron chi connectivity index (χ4n) is 4.03. The maximum absolute atomic E-state index is 11.6. The number of hydrogen-bond acceptors (Lipinski definition) is 3. The highest BCUT2D eigenvalue weighted by molar-refractivity contribution is 5.80. The number of hydrogen-bond donors (Lipinski definition) is 2. The van der Waals surface area contributed by atoms with Crippen molar-refractivity contribution in [3.8, 4) is 0 Å². The maximum Gasteiger partial charge on any atom is 0.220 e. The van der Waals surface area contributed by atoms with E-state index in [1.54, 1.807) is 7.05 Å². The molecule has 2 rings (SSSR count). The predicted octanol–water partition coefficient (Wildman–Crippen LogP) is 2.49. The van der Waals surface area contributed by atoms with E-state index in [0.717, 1.165) is 51.5 Å². The van der Waals surface area contributed by atoms with Crippen LogP contribution in [0.15, 0.2) is 35.3 Å². The summed E-state index contributed by atoms with van der Waals surface area (Å²) in [6.07, 6.45) is 2.70. The van der Waals surface area contributed by atoms with Crippen molar-refractivity contribution < 1.29 is 4.79 Å². The highest BCUT2D eigenvalue weighted by Gasteiger charge is 2.24. The van der Waals surface area contributed by atoms with Crippen LogP contribution in [0, 0.1) is 5.92 Å². The monoisotopic (exact) mass is 387 g/mol. The number of nitrogens with one attached hydrogen (secondary N) is 2. The number of rotatable bonds is 8. The van der Waals surface area contributed by atoms with Crippen LogP contribution < -0.4 is 10.6 Å². The number of benzene rings is 1. The summed E-state index contributed by atoms with van der Waals surface area (Å²) in [4.78, 5) is 20.9. The van der Waals surface area contributed by atoms with Gasteiger partial charge in [-0.05, 0) is 37.4 Å². The Balaban J connectivity index is 1.95. The van der Waals surface area contributed by atoms with Crippen molar-refractivity contribution in [2.24, 2.45) is 10.9 Å². The molecule has 6 nitrogen and oxygen atoms in total. The number of carbonyl (C=O) groups excluding carboxylic acids is 1. The Morgan fingerprint density at radius 2 is 1.86 bits per heavy atom.